The van der Waals surface area contributed by atoms with Crippen molar-refractivity contribution in [3.63, 3.8) is 0 Å². The molecule has 0 unspecified atom stereocenters. The first-order valence-corrected chi connectivity index (χ1v) is 4.67. The Labute approximate surface area is 84.4 Å². The van der Waals surface area contributed by atoms with Crippen molar-refractivity contribution in [1.82, 2.24) is 0 Å². The Balaban J connectivity index is 2.91. The van der Waals surface area contributed by atoms with E-state index in [1.165, 1.54) is 7.11 Å². The third-order valence-electron chi connectivity index (χ3n) is 1.59. The molecule has 0 heterocycles. The number of ether oxygens (including phenoxy) is 1. The van der Waals surface area contributed by atoms with E-state index in [9.17, 15) is 4.79 Å². The predicted molar refractivity (Wildman–Crippen MR) is 51.1 cm³/mol. The van der Waals surface area contributed by atoms with E-state index >= 15 is 0 Å². The summed E-state index contributed by atoms with van der Waals surface area (Å²) in [6, 6.07) is 0. The molecule has 0 bridgehead atoms. The Bertz CT molecular complexity index is 268. The summed E-state index contributed by atoms with van der Waals surface area (Å²) in [5.74, 6) is -0.378. The topological polar surface area (TPSA) is 26.3 Å². The van der Waals surface area contributed by atoms with Crippen molar-refractivity contribution in [3.05, 3.63) is 21.2 Å². The van der Waals surface area contributed by atoms with Crippen molar-refractivity contribution in [2.45, 2.75) is 12.8 Å². The zero-order valence-corrected chi connectivity index (χ0v) is 8.91. The Morgan fingerprint density at radius 1 is 1.75 bits per heavy atom. The molecule has 0 atom stereocenters. The van der Waals surface area contributed by atoms with Gasteiger partial charge in [0.25, 0.3) is 0 Å². The van der Waals surface area contributed by atoms with Gasteiger partial charge in [-0.1, -0.05) is 33.6 Å². The third-order valence-corrected chi connectivity index (χ3v) is 3.05. The van der Waals surface area contributed by atoms with Gasteiger partial charge in [0.15, 0.2) is 0 Å². The molecule has 0 aromatic heterocycles. The number of halogens is 2. The SMILES string of the molecule is COC(=O)C1=CCCC(Br)=C1Cl. The van der Waals surface area contributed by atoms with Gasteiger partial charge in [-0.2, -0.15) is 0 Å². The number of hydrogen-bond donors (Lipinski definition) is 0. The largest absolute Gasteiger partial charge is 0.465 e. The first-order valence-electron chi connectivity index (χ1n) is 3.49. The van der Waals surface area contributed by atoms with Crippen molar-refractivity contribution >= 4 is 33.5 Å². The fraction of sp³-hybridized carbons (Fsp3) is 0.375. The molecule has 0 amide bonds. The predicted octanol–water partition coefficient (Wildman–Crippen LogP) is 2.72. The Kier molecular flexibility index (Phi) is 3.35. The van der Waals surface area contributed by atoms with Crippen LogP contribution in [0.2, 0.25) is 0 Å². The lowest BCUT2D eigenvalue weighted by Crippen LogP contribution is -2.07. The van der Waals surface area contributed by atoms with Gasteiger partial charge in [-0.3, -0.25) is 0 Å². The van der Waals surface area contributed by atoms with Crippen molar-refractivity contribution in [2.24, 2.45) is 0 Å². The van der Waals surface area contributed by atoms with E-state index in [1.54, 1.807) is 6.08 Å². The zero-order chi connectivity index (χ0) is 9.14. The molecule has 1 aliphatic carbocycles. The monoisotopic (exact) mass is 250 g/mol. The van der Waals surface area contributed by atoms with Crippen LogP contribution < -0.4 is 0 Å². The molecule has 0 N–H and O–H groups in total. The van der Waals surface area contributed by atoms with Crippen molar-refractivity contribution in [2.75, 3.05) is 7.11 Å². The van der Waals surface area contributed by atoms with Crippen LogP contribution in [0.4, 0.5) is 0 Å². The molecular formula is C8H8BrClO2. The van der Waals surface area contributed by atoms with Crippen LogP contribution >= 0.6 is 27.5 Å². The van der Waals surface area contributed by atoms with Crippen LogP contribution in [0.3, 0.4) is 0 Å². The summed E-state index contributed by atoms with van der Waals surface area (Å²) >= 11 is 9.16. The first-order chi connectivity index (χ1) is 5.66. The van der Waals surface area contributed by atoms with E-state index in [0.717, 1.165) is 17.3 Å². The summed E-state index contributed by atoms with van der Waals surface area (Å²) < 4.78 is 5.43. The van der Waals surface area contributed by atoms with Crippen LogP contribution in [0.1, 0.15) is 12.8 Å². The molecule has 4 heteroatoms. The van der Waals surface area contributed by atoms with E-state index in [2.05, 4.69) is 20.7 Å². The summed E-state index contributed by atoms with van der Waals surface area (Å²) in [4.78, 5) is 11.1. The van der Waals surface area contributed by atoms with Crippen LogP contribution in [-0.2, 0) is 9.53 Å². The van der Waals surface area contributed by atoms with Gasteiger partial charge in [0.2, 0.25) is 0 Å². The molecule has 12 heavy (non-hydrogen) atoms. The maximum absolute atomic E-state index is 11.1. The average Bonchev–Trinajstić information content (AvgIpc) is 2.08. The standard InChI is InChI=1S/C8H8BrClO2/c1-12-8(11)5-3-2-4-6(9)7(5)10/h3H,2,4H2,1H3. The smallest absolute Gasteiger partial charge is 0.339 e. The molecular weight excluding hydrogens is 243 g/mol. The number of methoxy groups -OCH3 is 1. The first kappa shape index (κ1) is 9.81. The van der Waals surface area contributed by atoms with Gasteiger partial charge >= 0.3 is 5.97 Å². The van der Waals surface area contributed by atoms with E-state index in [4.69, 9.17) is 11.6 Å². The van der Waals surface area contributed by atoms with E-state index in [1.807, 2.05) is 0 Å². The normalized spacial score (nSPS) is 17.4. The van der Waals surface area contributed by atoms with E-state index in [-0.39, 0.29) is 5.97 Å². The second-order valence-electron chi connectivity index (χ2n) is 2.37. The maximum Gasteiger partial charge on any atom is 0.339 e. The molecule has 1 aliphatic rings. The molecule has 0 fully saturated rings. The van der Waals surface area contributed by atoms with Gasteiger partial charge in [0.1, 0.15) is 0 Å². The molecule has 0 spiro atoms. The van der Waals surface area contributed by atoms with Gasteiger partial charge in [0.05, 0.1) is 17.7 Å². The minimum Gasteiger partial charge on any atom is -0.465 e. The fourth-order valence-corrected chi connectivity index (χ4v) is 1.66. The average molecular weight is 252 g/mol. The van der Waals surface area contributed by atoms with E-state index in [0.29, 0.717) is 10.6 Å². The number of hydrogen-bond acceptors (Lipinski definition) is 2. The Morgan fingerprint density at radius 3 is 3.00 bits per heavy atom. The highest BCUT2D eigenvalue weighted by Crippen LogP contribution is 2.32. The Hall–Kier alpha value is -0.280. The van der Waals surface area contributed by atoms with Gasteiger partial charge in [-0.05, 0) is 12.8 Å². The van der Waals surface area contributed by atoms with Crippen LogP contribution in [0.25, 0.3) is 0 Å². The van der Waals surface area contributed by atoms with Crippen molar-refractivity contribution in [1.29, 1.82) is 0 Å². The van der Waals surface area contributed by atoms with Crippen molar-refractivity contribution in [3.8, 4) is 0 Å². The molecule has 0 saturated carbocycles. The molecule has 0 aromatic rings. The number of esters is 1. The number of allylic oxidation sites excluding steroid dienone is 2. The highest BCUT2D eigenvalue weighted by Gasteiger charge is 2.19. The molecule has 66 valence electrons. The van der Waals surface area contributed by atoms with E-state index < -0.39 is 0 Å². The van der Waals surface area contributed by atoms with Crippen LogP contribution in [0.15, 0.2) is 21.2 Å². The Morgan fingerprint density at radius 2 is 2.42 bits per heavy atom. The van der Waals surface area contributed by atoms with Crippen LogP contribution in [0.5, 0.6) is 0 Å². The lowest BCUT2D eigenvalue weighted by Gasteiger charge is -2.11. The van der Waals surface area contributed by atoms with Crippen molar-refractivity contribution < 1.29 is 9.53 Å². The molecule has 0 radical (unpaired) electrons. The lowest BCUT2D eigenvalue weighted by molar-refractivity contribution is -0.135. The summed E-state index contributed by atoms with van der Waals surface area (Å²) in [6.45, 7) is 0. The number of rotatable bonds is 1. The quantitative estimate of drug-likeness (QED) is 0.670. The molecule has 0 saturated heterocycles. The van der Waals surface area contributed by atoms with Gasteiger partial charge in [-0.15, -0.1) is 0 Å². The third kappa shape index (κ3) is 1.90. The fourth-order valence-electron chi connectivity index (χ4n) is 0.972. The zero-order valence-electron chi connectivity index (χ0n) is 6.56. The molecule has 1 rings (SSSR count). The van der Waals surface area contributed by atoms with Crippen LogP contribution in [-0.4, -0.2) is 13.1 Å². The lowest BCUT2D eigenvalue weighted by atomic mass is 10.1. The van der Waals surface area contributed by atoms with Crippen LogP contribution in [0, 0.1) is 0 Å². The number of carbonyl (C=O) groups excluding carboxylic acids is 1. The minimum absolute atomic E-state index is 0.378. The summed E-state index contributed by atoms with van der Waals surface area (Å²) in [5.41, 5.74) is 0.456. The summed E-state index contributed by atoms with van der Waals surface area (Å²) in [7, 11) is 1.34. The summed E-state index contributed by atoms with van der Waals surface area (Å²) in [6.07, 6.45) is 3.46. The summed E-state index contributed by atoms with van der Waals surface area (Å²) in [5, 5.41) is 0.466. The van der Waals surface area contributed by atoms with Gasteiger partial charge in [-0.25, -0.2) is 4.79 Å². The second kappa shape index (κ2) is 4.10. The second-order valence-corrected chi connectivity index (χ2v) is 3.70. The van der Waals surface area contributed by atoms with Gasteiger partial charge < -0.3 is 4.74 Å². The van der Waals surface area contributed by atoms with Gasteiger partial charge in [0, 0.05) is 4.48 Å². The minimum atomic E-state index is -0.378. The highest BCUT2D eigenvalue weighted by molar-refractivity contribution is 9.11. The molecule has 0 aliphatic heterocycles. The number of carbonyl (C=O) groups is 1. The maximum atomic E-state index is 11.1. The molecule has 0 aromatic carbocycles. The molecule has 2 nitrogen and oxygen atoms in total. The highest BCUT2D eigenvalue weighted by atomic mass is 79.9.